The molecule has 0 aliphatic rings. The average Bonchev–Trinajstić information content (AvgIpc) is 2.64. The monoisotopic (exact) mass is 379 g/mol. The van der Waals surface area contributed by atoms with Gasteiger partial charge < -0.3 is 10.6 Å². The van der Waals surface area contributed by atoms with Gasteiger partial charge in [-0.1, -0.05) is 41.4 Å². The first-order valence-electron chi connectivity index (χ1n) is 8.83. The number of pyridine rings is 1. The van der Waals surface area contributed by atoms with E-state index in [2.05, 4.69) is 41.6 Å². The predicted molar refractivity (Wildman–Crippen MR) is 111 cm³/mol. The summed E-state index contributed by atoms with van der Waals surface area (Å²) in [6.45, 7) is 4.65. The molecule has 3 rings (SSSR count). The number of hydrogen-bond donors (Lipinski definition) is 2. The van der Waals surface area contributed by atoms with Crippen LogP contribution in [0.5, 0.6) is 0 Å². The van der Waals surface area contributed by atoms with Crippen molar-refractivity contribution in [3.8, 4) is 0 Å². The highest BCUT2D eigenvalue weighted by Crippen LogP contribution is 2.21. The molecule has 0 bridgehead atoms. The lowest BCUT2D eigenvalue weighted by molar-refractivity contribution is 0.0954. The molecule has 0 fully saturated rings. The standard InChI is InChI=1S/C22H22ClN3O/c1-15-6-7-21(16(2)10-15)26-20-12-18(13-24-14-20)22(27)25-9-8-17-4-3-5-19(23)11-17/h3-7,10-14,26H,8-9H2,1-2H3,(H,25,27). The molecule has 138 valence electrons. The van der Waals surface area contributed by atoms with Crippen LogP contribution in [0.1, 0.15) is 27.0 Å². The van der Waals surface area contributed by atoms with Gasteiger partial charge in [-0.15, -0.1) is 0 Å². The summed E-state index contributed by atoms with van der Waals surface area (Å²) in [6, 6.07) is 15.6. The molecule has 0 spiro atoms. The maximum atomic E-state index is 12.4. The number of nitrogens with zero attached hydrogens (tertiary/aromatic N) is 1. The molecule has 0 saturated carbocycles. The van der Waals surface area contributed by atoms with Crippen LogP contribution in [0.25, 0.3) is 0 Å². The molecule has 0 saturated heterocycles. The minimum absolute atomic E-state index is 0.145. The number of rotatable bonds is 6. The zero-order chi connectivity index (χ0) is 19.2. The van der Waals surface area contributed by atoms with Crippen LogP contribution < -0.4 is 10.6 Å². The molecule has 0 aliphatic heterocycles. The van der Waals surface area contributed by atoms with Crippen molar-refractivity contribution in [2.75, 3.05) is 11.9 Å². The minimum atomic E-state index is -0.145. The lowest BCUT2D eigenvalue weighted by Gasteiger charge is -2.11. The smallest absolute Gasteiger partial charge is 0.252 e. The maximum Gasteiger partial charge on any atom is 0.252 e. The Bertz CT molecular complexity index is 956. The van der Waals surface area contributed by atoms with E-state index in [1.807, 2.05) is 30.3 Å². The van der Waals surface area contributed by atoms with Crippen LogP contribution in [0.3, 0.4) is 0 Å². The molecule has 4 nitrogen and oxygen atoms in total. The van der Waals surface area contributed by atoms with Crippen molar-refractivity contribution in [3.63, 3.8) is 0 Å². The molecule has 27 heavy (non-hydrogen) atoms. The number of halogens is 1. The Hall–Kier alpha value is -2.85. The van der Waals surface area contributed by atoms with Gasteiger partial charge in [-0.05, 0) is 55.7 Å². The summed E-state index contributed by atoms with van der Waals surface area (Å²) in [4.78, 5) is 16.6. The Morgan fingerprint density at radius 1 is 1.07 bits per heavy atom. The second kappa shape index (κ2) is 8.69. The number of aromatic nitrogens is 1. The second-order valence-corrected chi connectivity index (χ2v) is 6.98. The van der Waals surface area contributed by atoms with Crippen molar-refractivity contribution in [2.24, 2.45) is 0 Å². The fourth-order valence-electron chi connectivity index (χ4n) is 2.86. The molecule has 1 aromatic heterocycles. The number of amides is 1. The van der Waals surface area contributed by atoms with Gasteiger partial charge in [-0.25, -0.2) is 0 Å². The van der Waals surface area contributed by atoms with Gasteiger partial charge in [0.05, 0.1) is 17.4 Å². The summed E-state index contributed by atoms with van der Waals surface area (Å²) >= 11 is 5.98. The fraction of sp³-hybridized carbons (Fsp3) is 0.182. The highest BCUT2D eigenvalue weighted by Gasteiger charge is 2.08. The largest absolute Gasteiger partial charge is 0.354 e. The molecule has 0 aliphatic carbocycles. The first-order valence-corrected chi connectivity index (χ1v) is 9.21. The number of carbonyl (C=O) groups is 1. The second-order valence-electron chi connectivity index (χ2n) is 6.54. The Morgan fingerprint density at radius 3 is 2.70 bits per heavy atom. The molecule has 1 amide bonds. The van der Waals surface area contributed by atoms with Crippen molar-refractivity contribution in [3.05, 3.63) is 88.2 Å². The third-order valence-electron chi connectivity index (χ3n) is 4.25. The van der Waals surface area contributed by atoms with Gasteiger partial charge >= 0.3 is 0 Å². The molecule has 2 aromatic carbocycles. The number of hydrogen-bond acceptors (Lipinski definition) is 3. The first-order chi connectivity index (χ1) is 13.0. The normalized spacial score (nSPS) is 10.5. The van der Waals surface area contributed by atoms with Crippen LogP contribution in [0.4, 0.5) is 11.4 Å². The lowest BCUT2D eigenvalue weighted by Crippen LogP contribution is -2.25. The average molecular weight is 380 g/mol. The summed E-state index contributed by atoms with van der Waals surface area (Å²) in [7, 11) is 0. The first kappa shape index (κ1) is 18.9. The zero-order valence-electron chi connectivity index (χ0n) is 15.4. The van der Waals surface area contributed by atoms with Crippen LogP contribution in [0.15, 0.2) is 60.9 Å². The van der Waals surface area contributed by atoms with Crippen LogP contribution in [-0.4, -0.2) is 17.4 Å². The molecule has 0 atom stereocenters. The number of nitrogens with one attached hydrogen (secondary N) is 2. The van der Waals surface area contributed by atoms with Gasteiger partial charge in [0.15, 0.2) is 0 Å². The summed E-state index contributed by atoms with van der Waals surface area (Å²) in [5.41, 5.74) is 5.75. The van der Waals surface area contributed by atoms with E-state index in [-0.39, 0.29) is 5.91 Å². The molecular weight excluding hydrogens is 358 g/mol. The number of benzene rings is 2. The molecular formula is C22H22ClN3O. The number of anilines is 2. The van der Waals surface area contributed by atoms with Crippen molar-refractivity contribution in [2.45, 2.75) is 20.3 Å². The third kappa shape index (κ3) is 5.31. The number of aryl methyl sites for hydroxylation is 2. The zero-order valence-corrected chi connectivity index (χ0v) is 16.2. The topological polar surface area (TPSA) is 54.0 Å². The van der Waals surface area contributed by atoms with E-state index in [0.717, 1.165) is 28.9 Å². The van der Waals surface area contributed by atoms with Gasteiger partial charge in [0, 0.05) is 23.5 Å². The van der Waals surface area contributed by atoms with Crippen molar-refractivity contribution in [1.29, 1.82) is 0 Å². The van der Waals surface area contributed by atoms with Crippen LogP contribution in [-0.2, 0) is 6.42 Å². The molecule has 1 heterocycles. The van der Waals surface area contributed by atoms with Crippen molar-refractivity contribution < 1.29 is 4.79 Å². The minimum Gasteiger partial charge on any atom is -0.354 e. The SMILES string of the molecule is Cc1ccc(Nc2cncc(C(=O)NCCc3cccc(Cl)c3)c2)c(C)c1. The number of carbonyl (C=O) groups excluding carboxylic acids is 1. The van der Waals surface area contributed by atoms with Crippen LogP contribution in [0.2, 0.25) is 5.02 Å². The van der Waals surface area contributed by atoms with E-state index < -0.39 is 0 Å². The van der Waals surface area contributed by atoms with Gasteiger partial charge in [0.2, 0.25) is 0 Å². The highest BCUT2D eigenvalue weighted by molar-refractivity contribution is 6.30. The van der Waals surface area contributed by atoms with Crippen molar-refractivity contribution in [1.82, 2.24) is 10.3 Å². The molecule has 3 aromatic rings. The van der Waals surface area contributed by atoms with Gasteiger partial charge in [0.1, 0.15) is 0 Å². The van der Waals surface area contributed by atoms with E-state index in [1.54, 1.807) is 18.5 Å². The van der Waals surface area contributed by atoms with Gasteiger partial charge in [-0.2, -0.15) is 0 Å². The Morgan fingerprint density at radius 2 is 1.93 bits per heavy atom. The molecule has 5 heteroatoms. The predicted octanol–water partition coefficient (Wildman–Crippen LogP) is 5.07. The Labute approximate surface area is 164 Å². The van der Waals surface area contributed by atoms with Crippen LogP contribution >= 0.6 is 11.6 Å². The quantitative estimate of drug-likeness (QED) is 0.628. The highest BCUT2D eigenvalue weighted by atomic mass is 35.5. The maximum absolute atomic E-state index is 12.4. The Balaban J connectivity index is 1.61. The van der Waals surface area contributed by atoms with Crippen LogP contribution in [0, 0.1) is 13.8 Å². The third-order valence-corrected chi connectivity index (χ3v) is 4.48. The molecule has 0 radical (unpaired) electrons. The Kier molecular flexibility index (Phi) is 6.09. The summed E-state index contributed by atoms with van der Waals surface area (Å²) in [5, 5.41) is 6.95. The van der Waals surface area contributed by atoms with Gasteiger partial charge in [-0.3, -0.25) is 9.78 Å². The van der Waals surface area contributed by atoms with E-state index in [0.29, 0.717) is 17.1 Å². The molecule has 2 N–H and O–H groups in total. The summed E-state index contributed by atoms with van der Waals surface area (Å²) < 4.78 is 0. The van der Waals surface area contributed by atoms with E-state index in [4.69, 9.17) is 11.6 Å². The van der Waals surface area contributed by atoms with Gasteiger partial charge in [0.25, 0.3) is 5.91 Å². The van der Waals surface area contributed by atoms with E-state index >= 15 is 0 Å². The fourth-order valence-corrected chi connectivity index (χ4v) is 3.07. The lowest BCUT2D eigenvalue weighted by atomic mass is 10.1. The summed E-state index contributed by atoms with van der Waals surface area (Å²) in [5.74, 6) is -0.145. The summed E-state index contributed by atoms with van der Waals surface area (Å²) in [6.07, 6.45) is 4.00. The van der Waals surface area contributed by atoms with E-state index in [1.165, 1.54) is 5.56 Å². The molecule has 0 unspecified atom stereocenters. The van der Waals surface area contributed by atoms with E-state index in [9.17, 15) is 4.79 Å². The van der Waals surface area contributed by atoms with Crippen molar-refractivity contribution >= 4 is 28.9 Å².